The third-order valence-corrected chi connectivity index (χ3v) is 2.93. The first-order valence-corrected chi connectivity index (χ1v) is 4.66. The molecular weight excluding hydrogens is 195 g/mol. The summed E-state index contributed by atoms with van der Waals surface area (Å²) in [5, 5.41) is 0.479. The molecule has 12 heavy (non-hydrogen) atoms. The minimum absolute atomic E-state index is 0.00498. The van der Waals surface area contributed by atoms with Crippen LogP contribution >= 0.6 is 23.2 Å². The molecule has 0 amide bonds. The number of carbonyl (C=O) groups excluding carboxylic acids is 1. The van der Waals surface area contributed by atoms with Crippen LogP contribution in [0.2, 0.25) is 0 Å². The van der Waals surface area contributed by atoms with Gasteiger partial charge in [-0.05, 0) is 29.9 Å². The van der Waals surface area contributed by atoms with E-state index in [-0.39, 0.29) is 22.5 Å². The molecule has 0 saturated heterocycles. The molecule has 0 radical (unpaired) electrons. The van der Waals surface area contributed by atoms with Crippen LogP contribution in [-0.4, -0.2) is 5.24 Å². The fourth-order valence-corrected chi connectivity index (χ4v) is 2.22. The highest BCUT2D eigenvalue weighted by Gasteiger charge is 2.59. The summed E-state index contributed by atoms with van der Waals surface area (Å²) in [4.78, 5) is 10.9. The zero-order valence-electron chi connectivity index (χ0n) is 7.40. The van der Waals surface area contributed by atoms with Crippen molar-refractivity contribution in [3.05, 3.63) is 11.1 Å². The largest absolute Gasteiger partial charge is 0.281 e. The minimum atomic E-state index is -0.251. The highest BCUT2D eigenvalue weighted by molar-refractivity contribution is 6.64. The lowest BCUT2D eigenvalue weighted by molar-refractivity contribution is -0.113. The fraction of sp³-hybridized carbons (Fsp3) is 0.667. The lowest BCUT2D eigenvalue weighted by Gasteiger charge is -1.96. The average molecular weight is 207 g/mol. The summed E-state index contributed by atoms with van der Waals surface area (Å²) in [5.74, 6) is 0.174. The van der Waals surface area contributed by atoms with Crippen molar-refractivity contribution >= 4 is 28.4 Å². The molecule has 1 aliphatic carbocycles. The van der Waals surface area contributed by atoms with Crippen LogP contribution in [0, 0.1) is 17.3 Å². The van der Waals surface area contributed by atoms with Crippen molar-refractivity contribution in [1.29, 1.82) is 0 Å². The second-order valence-corrected chi connectivity index (χ2v) is 4.85. The van der Waals surface area contributed by atoms with Gasteiger partial charge in [0.15, 0.2) is 0 Å². The smallest absolute Gasteiger partial charge is 0.225 e. The van der Waals surface area contributed by atoms with E-state index in [1.165, 1.54) is 0 Å². The van der Waals surface area contributed by atoms with Crippen LogP contribution in [0.15, 0.2) is 11.1 Å². The van der Waals surface area contributed by atoms with Gasteiger partial charge in [-0.3, -0.25) is 4.79 Å². The van der Waals surface area contributed by atoms with Gasteiger partial charge in [-0.2, -0.15) is 0 Å². The molecule has 0 bridgehead atoms. The zero-order chi connectivity index (χ0) is 9.52. The van der Waals surface area contributed by atoms with Gasteiger partial charge in [0.25, 0.3) is 0 Å². The number of allylic oxidation sites excluding steroid dienone is 2. The molecule has 0 aromatic carbocycles. The molecule has 1 saturated carbocycles. The van der Waals surface area contributed by atoms with Gasteiger partial charge in [0, 0.05) is 11.0 Å². The monoisotopic (exact) mass is 206 g/mol. The molecule has 0 aliphatic heterocycles. The Balaban J connectivity index is 2.73. The first-order chi connectivity index (χ1) is 5.37. The molecule has 0 spiro atoms. The lowest BCUT2D eigenvalue weighted by Crippen LogP contribution is -1.96. The molecule has 1 nitrogen and oxygen atoms in total. The topological polar surface area (TPSA) is 17.1 Å². The Labute approximate surface area is 82.7 Å². The minimum Gasteiger partial charge on any atom is -0.281 e. The molecule has 0 heterocycles. The summed E-state index contributed by atoms with van der Waals surface area (Å²) in [6.07, 6.45) is 1.91. The number of hydrogen-bond acceptors (Lipinski definition) is 1. The van der Waals surface area contributed by atoms with Gasteiger partial charge in [-0.25, -0.2) is 0 Å². The summed E-state index contributed by atoms with van der Waals surface area (Å²) >= 11 is 11.1. The Hall–Kier alpha value is -0.0100. The van der Waals surface area contributed by atoms with Crippen molar-refractivity contribution in [2.45, 2.75) is 20.8 Å². The van der Waals surface area contributed by atoms with Gasteiger partial charge in [-0.15, -0.1) is 0 Å². The van der Waals surface area contributed by atoms with Crippen molar-refractivity contribution in [3.63, 3.8) is 0 Å². The quantitative estimate of drug-likeness (QED) is 0.635. The Morgan fingerprint density at radius 1 is 1.42 bits per heavy atom. The Kier molecular flexibility index (Phi) is 2.55. The highest BCUT2D eigenvalue weighted by atomic mass is 35.5. The van der Waals surface area contributed by atoms with E-state index >= 15 is 0 Å². The van der Waals surface area contributed by atoms with Crippen molar-refractivity contribution in [3.8, 4) is 0 Å². The predicted octanol–water partition coefficient (Wildman–Crippen LogP) is 3.17. The summed E-state index contributed by atoms with van der Waals surface area (Å²) < 4.78 is 0. The zero-order valence-corrected chi connectivity index (χ0v) is 8.91. The Morgan fingerprint density at radius 3 is 2.17 bits per heavy atom. The molecule has 1 fully saturated rings. The van der Waals surface area contributed by atoms with Gasteiger partial charge in [0.05, 0.1) is 0 Å². The number of carbonyl (C=O) groups is 1. The molecule has 2 unspecified atom stereocenters. The fourth-order valence-electron chi connectivity index (χ4n) is 1.67. The van der Waals surface area contributed by atoms with Crippen LogP contribution in [0.4, 0.5) is 0 Å². The van der Waals surface area contributed by atoms with Gasteiger partial charge in [0.1, 0.15) is 0 Å². The Bertz CT molecular complexity index is 239. The van der Waals surface area contributed by atoms with Crippen LogP contribution in [-0.2, 0) is 4.79 Å². The standard InChI is InChI=1S/C9H12Cl2O/c1-5(10)4-6-7(8(11)12)9(6,2)3/h4,6-7H,1-3H3. The van der Waals surface area contributed by atoms with Crippen molar-refractivity contribution < 1.29 is 4.79 Å². The second-order valence-electron chi connectivity index (χ2n) is 3.88. The van der Waals surface area contributed by atoms with E-state index in [2.05, 4.69) is 0 Å². The van der Waals surface area contributed by atoms with E-state index in [0.29, 0.717) is 0 Å². The van der Waals surface area contributed by atoms with Crippen LogP contribution < -0.4 is 0 Å². The molecule has 3 heteroatoms. The van der Waals surface area contributed by atoms with E-state index < -0.39 is 0 Å². The summed E-state index contributed by atoms with van der Waals surface area (Å²) in [6, 6.07) is 0. The van der Waals surface area contributed by atoms with E-state index in [1.807, 2.05) is 26.8 Å². The number of hydrogen-bond donors (Lipinski definition) is 0. The predicted molar refractivity (Wildman–Crippen MR) is 51.2 cm³/mol. The molecule has 0 N–H and O–H groups in total. The Morgan fingerprint density at radius 2 is 1.92 bits per heavy atom. The van der Waals surface area contributed by atoms with Crippen LogP contribution in [0.1, 0.15) is 20.8 Å². The van der Waals surface area contributed by atoms with Crippen molar-refractivity contribution in [2.24, 2.45) is 17.3 Å². The molecular formula is C9H12Cl2O. The van der Waals surface area contributed by atoms with E-state index in [4.69, 9.17) is 23.2 Å². The van der Waals surface area contributed by atoms with Crippen LogP contribution in [0.5, 0.6) is 0 Å². The highest BCUT2D eigenvalue weighted by Crippen LogP contribution is 2.60. The van der Waals surface area contributed by atoms with E-state index in [9.17, 15) is 4.79 Å². The van der Waals surface area contributed by atoms with Crippen molar-refractivity contribution in [1.82, 2.24) is 0 Å². The summed E-state index contributed by atoms with van der Waals surface area (Å²) in [7, 11) is 0. The molecule has 2 atom stereocenters. The molecule has 68 valence electrons. The molecule has 1 aliphatic rings. The van der Waals surface area contributed by atoms with Gasteiger partial charge < -0.3 is 0 Å². The normalized spacial score (nSPS) is 33.2. The van der Waals surface area contributed by atoms with Gasteiger partial charge in [0.2, 0.25) is 5.24 Å². The maximum atomic E-state index is 10.9. The van der Waals surface area contributed by atoms with E-state index in [1.54, 1.807) is 0 Å². The maximum absolute atomic E-state index is 10.9. The molecule has 0 aromatic rings. The van der Waals surface area contributed by atoms with Crippen LogP contribution in [0.3, 0.4) is 0 Å². The first-order valence-electron chi connectivity index (χ1n) is 3.90. The van der Waals surface area contributed by atoms with Gasteiger partial charge >= 0.3 is 0 Å². The van der Waals surface area contributed by atoms with E-state index in [0.717, 1.165) is 5.03 Å². The molecule has 1 rings (SSSR count). The number of halogens is 2. The SMILES string of the molecule is CC(Cl)=CC1C(C(=O)Cl)C1(C)C. The van der Waals surface area contributed by atoms with Crippen molar-refractivity contribution in [2.75, 3.05) is 0 Å². The lowest BCUT2D eigenvalue weighted by atomic mass is 10.1. The number of rotatable bonds is 2. The first kappa shape index (κ1) is 10.1. The second kappa shape index (κ2) is 3.04. The average Bonchev–Trinajstić information content (AvgIpc) is 2.32. The molecule has 0 aromatic heterocycles. The van der Waals surface area contributed by atoms with Crippen LogP contribution in [0.25, 0.3) is 0 Å². The third kappa shape index (κ3) is 1.67. The maximum Gasteiger partial charge on any atom is 0.225 e. The summed E-state index contributed by atoms with van der Waals surface area (Å²) in [5.41, 5.74) is -0.00498. The third-order valence-electron chi connectivity index (χ3n) is 2.56. The van der Waals surface area contributed by atoms with Gasteiger partial charge in [-0.1, -0.05) is 31.5 Å². The summed E-state index contributed by atoms with van der Waals surface area (Å²) in [6.45, 7) is 5.86.